The lowest BCUT2D eigenvalue weighted by Crippen LogP contribution is -2.41. The molecular weight excluding hydrogens is 437 g/mol. The van der Waals surface area contributed by atoms with E-state index in [2.05, 4.69) is 5.32 Å². The first kappa shape index (κ1) is 23.0. The molecule has 34 heavy (non-hydrogen) atoms. The zero-order chi connectivity index (χ0) is 24.1. The SMILES string of the molecule is COc1ccccc1CNC(=O)CCn1c(=O)c2ccccc2n(Cc2ccc(F)cc2)c1=O. The minimum Gasteiger partial charge on any atom is -0.496 e. The Morgan fingerprint density at radius 2 is 1.65 bits per heavy atom. The molecule has 8 heteroatoms. The molecule has 0 fully saturated rings. The summed E-state index contributed by atoms with van der Waals surface area (Å²) in [6.07, 6.45) is -0.0425. The van der Waals surface area contributed by atoms with Crippen molar-refractivity contribution in [1.29, 1.82) is 0 Å². The van der Waals surface area contributed by atoms with Crippen molar-refractivity contribution in [3.8, 4) is 5.75 Å². The lowest BCUT2D eigenvalue weighted by Gasteiger charge is -2.14. The maximum Gasteiger partial charge on any atom is 0.331 e. The first-order valence-corrected chi connectivity index (χ1v) is 10.8. The van der Waals surface area contributed by atoms with Gasteiger partial charge >= 0.3 is 5.69 Å². The van der Waals surface area contributed by atoms with Crippen LogP contribution >= 0.6 is 0 Å². The molecule has 0 aliphatic rings. The average Bonchev–Trinajstić information content (AvgIpc) is 2.86. The summed E-state index contributed by atoms with van der Waals surface area (Å²) in [6.45, 7) is 0.369. The highest BCUT2D eigenvalue weighted by atomic mass is 19.1. The van der Waals surface area contributed by atoms with Crippen LogP contribution in [0.25, 0.3) is 10.9 Å². The number of methoxy groups -OCH3 is 1. The zero-order valence-corrected chi connectivity index (χ0v) is 18.7. The minimum atomic E-state index is -0.523. The summed E-state index contributed by atoms with van der Waals surface area (Å²) in [5, 5.41) is 3.17. The molecule has 1 aromatic heterocycles. The normalized spacial score (nSPS) is 10.9. The highest BCUT2D eigenvalue weighted by Crippen LogP contribution is 2.16. The van der Waals surface area contributed by atoms with Gasteiger partial charge in [-0.2, -0.15) is 0 Å². The van der Waals surface area contributed by atoms with Gasteiger partial charge in [-0.3, -0.25) is 18.7 Å². The molecule has 3 aromatic carbocycles. The van der Waals surface area contributed by atoms with Crippen LogP contribution in [0, 0.1) is 5.82 Å². The largest absolute Gasteiger partial charge is 0.496 e. The lowest BCUT2D eigenvalue weighted by molar-refractivity contribution is -0.121. The monoisotopic (exact) mass is 461 g/mol. The summed E-state index contributed by atoms with van der Waals surface area (Å²) >= 11 is 0. The van der Waals surface area contributed by atoms with Gasteiger partial charge in [0.15, 0.2) is 0 Å². The van der Waals surface area contributed by atoms with Gasteiger partial charge in [-0.1, -0.05) is 42.5 Å². The molecule has 4 rings (SSSR count). The smallest absolute Gasteiger partial charge is 0.331 e. The van der Waals surface area contributed by atoms with Crippen LogP contribution in [-0.4, -0.2) is 22.2 Å². The highest BCUT2D eigenvalue weighted by Gasteiger charge is 2.15. The van der Waals surface area contributed by atoms with Gasteiger partial charge in [-0.15, -0.1) is 0 Å². The number of nitrogens with one attached hydrogen (secondary N) is 1. The number of nitrogens with zero attached hydrogens (tertiary/aromatic N) is 2. The van der Waals surface area contributed by atoms with Gasteiger partial charge < -0.3 is 10.1 Å². The van der Waals surface area contributed by atoms with E-state index in [0.717, 1.165) is 10.1 Å². The third-order valence-electron chi connectivity index (χ3n) is 5.62. The highest BCUT2D eigenvalue weighted by molar-refractivity contribution is 5.78. The Balaban J connectivity index is 1.57. The van der Waals surface area contributed by atoms with Gasteiger partial charge in [0.05, 0.1) is 24.6 Å². The molecule has 0 atom stereocenters. The van der Waals surface area contributed by atoms with Crippen molar-refractivity contribution in [3.63, 3.8) is 0 Å². The number of ether oxygens (including phenoxy) is 1. The van der Waals surface area contributed by atoms with Gasteiger partial charge in [-0.25, -0.2) is 9.18 Å². The van der Waals surface area contributed by atoms with Crippen LogP contribution in [-0.2, 0) is 24.4 Å². The van der Waals surface area contributed by atoms with Crippen molar-refractivity contribution in [1.82, 2.24) is 14.5 Å². The standard InChI is InChI=1S/C26H24FN3O4/c1-34-23-9-5-2-6-19(23)16-28-24(31)14-15-29-25(32)21-7-3-4-8-22(21)30(26(29)33)17-18-10-12-20(27)13-11-18/h2-13H,14-17H2,1H3,(H,28,31). The van der Waals surface area contributed by atoms with E-state index in [9.17, 15) is 18.8 Å². The fourth-order valence-corrected chi connectivity index (χ4v) is 3.84. The molecule has 1 heterocycles. The van der Waals surface area contributed by atoms with E-state index >= 15 is 0 Å². The Hall–Kier alpha value is -4.20. The van der Waals surface area contributed by atoms with Crippen LogP contribution in [0.4, 0.5) is 4.39 Å². The second-order valence-corrected chi connectivity index (χ2v) is 7.81. The third-order valence-corrected chi connectivity index (χ3v) is 5.62. The molecule has 4 aromatic rings. The second kappa shape index (κ2) is 10.2. The molecule has 7 nitrogen and oxygen atoms in total. The summed E-state index contributed by atoms with van der Waals surface area (Å²) in [5.74, 6) is -0.00209. The van der Waals surface area contributed by atoms with Crippen molar-refractivity contribution in [3.05, 3.63) is 111 Å². The topological polar surface area (TPSA) is 82.3 Å². The van der Waals surface area contributed by atoms with Crippen molar-refractivity contribution >= 4 is 16.8 Å². The first-order valence-electron chi connectivity index (χ1n) is 10.8. The number of hydrogen-bond donors (Lipinski definition) is 1. The van der Waals surface area contributed by atoms with E-state index in [1.54, 1.807) is 49.6 Å². The van der Waals surface area contributed by atoms with E-state index in [4.69, 9.17) is 4.74 Å². The lowest BCUT2D eigenvalue weighted by atomic mass is 10.2. The molecule has 0 saturated heterocycles. The average molecular weight is 461 g/mol. The molecule has 1 N–H and O–H groups in total. The van der Waals surface area contributed by atoms with Crippen LogP contribution in [0.3, 0.4) is 0 Å². The second-order valence-electron chi connectivity index (χ2n) is 7.81. The Bertz CT molecular complexity index is 1440. The molecule has 174 valence electrons. The Morgan fingerprint density at radius 3 is 2.41 bits per heavy atom. The zero-order valence-electron chi connectivity index (χ0n) is 18.7. The minimum absolute atomic E-state index is 0.0425. The number of carbonyl (C=O) groups excluding carboxylic acids is 1. The molecule has 0 saturated carbocycles. The number of rotatable bonds is 8. The van der Waals surface area contributed by atoms with Gasteiger partial charge in [0, 0.05) is 25.1 Å². The molecule has 0 bridgehead atoms. The maximum atomic E-state index is 13.3. The van der Waals surface area contributed by atoms with Gasteiger partial charge in [0.25, 0.3) is 5.56 Å². The number of aromatic nitrogens is 2. The fourth-order valence-electron chi connectivity index (χ4n) is 3.84. The first-order chi connectivity index (χ1) is 16.5. The number of para-hydroxylation sites is 2. The summed E-state index contributed by atoms with van der Waals surface area (Å²) in [4.78, 5) is 38.8. The summed E-state index contributed by atoms with van der Waals surface area (Å²) in [6, 6.07) is 20.0. The fraction of sp³-hybridized carbons (Fsp3) is 0.192. The van der Waals surface area contributed by atoms with Crippen molar-refractivity contribution in [2.75, 3.05) is 7.11 Å². The molecule has 0 aliphatic carbocycles. The molecule has 0 radical (unpaired) electrons. The molecule has 0 unspecified atom stereocenters. The molecular formula is C26H24FN3O4. The quantitative estimate of drug-likeness (QED) is 0.437. The summed E-state index contributed by atoms with van der Waals surface area (Å²) in [7, 11) is 1.56. The van der Waals surface area contributed by atoms with E-state index in [0.29, 0.717) is 22.2 Å². The third kappa shape index (κ3) is 4.91. The van der Waals surface area contributed by atoms with E-state index < -0.39 is 11.2 Å². The Morgan fingerprint density at radius 1 is 0.941 bits per heavy atom. The van der Waals surface area contributed by atoms with Crippen molar-refractivity contribution in [2.45, 2.75) is 26.1 Å². The van der Waals surface area contributed by atoms with E-state index in [1.165, 1.54) is 16.7 Å². The van der Waals surface area contributed by atoms with Crippen LogP contribution in [0.15, 0.2) is 82.4 Å². The van der Waals surface area contributed by atoms with Gasteiger partial charge in [-0.05, 0) is 35.9 Å². The van der Waals surface area contributed by atoms with Crippen LogP contribution in [0.2, 0.25) is 0 Å². The van der Waals surface area contributed by atoms with E-state index in [-0.39, 0.29) is 37.8 Å². The van der Waals surface area contributed by atoms with Crippen LogP contribution in [0.5, 0.6) is 5.75 Å². The predicted molar refractivity (Wildman–Crippen MR) is 127 cm³/mol. The Labute approximate surface area is 195 Å². The predicted octanol–water partition coefficient (Wildman–Crippen LogP) is 3.07. The summed E-state index contributed by atoms with van der Waals surface area (Å²) in [5.41, 5.74) is 1.05. The number of hydrogen-bond acceptors (Lipinski definition) is 4. The van der Waals surface area contributed by atoms with Gasteiger partial charge in [0.2, 0.25) is 5.91 Å². The number of benzene rings is 3. The van der Waals surface area contributed by atoms with Crippen molar-refractivity contribution < 1.29 is 13.9 Å². The maximum absolute atomic E-state index is 13.3. The van der Waals surface area contributed by atoms with Crippen LogP contribution in [0.1, 0.15) is 17.5 Å². The molecule has 0 aliphatic heterocycles. The van der Waals surface area contributed by atoms with Crippen LogP contribution < -0.4 is 21.3 Å². The molecule has 0 spiro atoms. The number of halogens is 1. The summed E-state index contributed by atoms with van der Waals surface area (Å²) < 4.78 is 21.1. The van der Waals surface area contributed by atoms with Gasteiger partial charge in [0.1, 0.15) is 11.6 Å². The van der Waals surface area contributed by atoms with E-state index in [1.807, 2.05) is 18.2 Å². The number of fused-ring (bicyclic) bond motifs is 1. The molecule has 1 amide bonds. The van der Waals surface area contributed by atoms with Crippen molar-refractivity contribution in [2.24, 2.45) is 0 Å². The number of carbonyl (C=O) groups is 1. The number of amides is 1. The Kier molecular flexibility index (Phi) is 6.87.